The van der Waals surface area contributed by atoms with E-state index in [-0.39, 0.29) is 6.03 Å². The highest BCUT2D eigenvalue weighted by atomic mass is 16.5. The number of aryl methyl sites for hydroxylation is 2. The van der Waals surface area contributed by atoms with Crippen LogP contribution in [0.4, 0.5) is 10.5 Å². The van der Waals surface area contributed by atoms with Crippen LogP contribution >= 0.6 is 0 Å². The first-order valence-electron chi connectivity index (χ1n) is 9.90. The number of urea groups is 1. The van der Waals surface area contributed by atoms with Crippen LogP contribution in [-0.4, -0.2) is 53.7 Å². The van der Waals surface area contributed by atoms with E-state index in [1.807, 2.05) is 18.7 Å². The molecule has 2 aliphatic rings. The number of nitrogens with zero attached hydrogens (tertiary/aromatic N) is 3. The van der Waals surface area contributed by atoms with Gasteiger partial charge >= 0.3 is 6.03 Å². The number of nitrogens with one attached hydrogen (secondary N) is 1. The SMILES string of the molecule is CCc1onc(C)c1NC(=O)N1CCCN(CC2CCCCC2)CC1. The molecule has 1 aliphatic heterocycles. The summed E-state index contributed by atoms with van der Waals surface area (Å²) in [6, 6.07) is -0.0273. The normalized spacial score (nSPS) is 20.5. The number of carbonyl (C=O) groups is 1. The van der Waals surface area contributed by atoms with Crippen LogP contribution in [0.3, 0.4) is 0 Å². The second kappa shape index (κ2) is 8.70. The summed E-state index contributed by atoms with van der Waals surface area (Å²) >= 11 is 0. The van der Waals surface area contributed by atoms with E-state index in [0.29, 0.717) is 0 Å². The molecule has 1 saturated carbocycles. The molecular weight excluding hydrogens is 316 g/mol. The largest absolute Gasteiger partial charge is 0.359 e. The third-order valence-electron chi connectivity index (χ3n) is 5.60. The summed E-state index contributed by atoms with van der Waals surface area (Å²) in [6.07, 6.45) is 8.73. The molecule has 0 atom stereocenters. The third kappa shape index (κ3) is 4.75. The molecule has 140 valence electrons. The Hall–Kier alpha value is -1.56. The topological polar surface area (TPSA) is 61.6 Å². The Morgan fingerprint density at radius 2 is 1.96 bits per heavy atom. The molecule has 25 heavy (non-hydrogen) atoms. The van der Waals surface area contributed by atoms with E-state index >= 15 is 0 Å². The zero-order valence-electron chi connectivity index (χ0n) is 15.7. The quantitative estimate of drug-likeness (QED) is 0.902. The van der Waals surface area contributed by atoms with Crippen molar-refractivity contribution in [2.45, 2.75) is 58.8 Å². The van der Waals surface area contributed by atoms with Crippen LogP contribution in [0, 0.1) is 12.8 Å². The smallest absolute Gasteiger partial charge is 0.322 e. The van der Waals surface area contributed by atoms with E-state index in [0.717, 1.165) is 62.1 Å². The van der Waals surface area contributed by atoms with E-state index in [1.54, 1.807) is 0 Å². The summed E-state index contributed by atoms with van der Waals surface area (Å²) in [5.41, 5.74) is 1.50. The predicted octanol–water partition coefficient (Wildman–Crippen LogP) is 3.67. The Labute approximate surface area is 150 Å². The van der Waals surface area contributed by atoms with Crippen molar-refractivity contribution in [3.05, 3.63) is 11.5 Å². The molecule has 6 nitrogen and oxygen atoms in total. The van der Waals surface area contributed by atoms with E-state index in [4.69, 9.17) is 4.52 Å². The average Bonchev–Trinajstić information content (AvgIpc) is 2.83. The molecule has 6 heteroatoms. The van der Waals surface area contributed by atoms with Crippen molar-refractivity contribution in [2.75, 3.05) is 38.0 Å². The van der Waals surface area contributed by atoms with Gasteiger partial charge in [-0.3, -0.25) is 0 Å². The van der Waals surface area contributed by atoms with Gasteiger partial charge in [-0.2, -0.15) is 0 Å². The molecule has 1 aromatic heterocycles. The van der Waals surface area contributed by atoms with Crippen LogP contribution in [0.1, 0.15) is 56.9 Å². The fourth-order valence-corrected chi connectivity index (χ4v) is 4.10. The van der Waals surface area contributed by atoms with Gasteiger partial charge in [-0.15, -0.1) is 0 Å². The second-order valence-corrected chi connectivity index (χ2v) is 7.50. The summed E-state index contributed by atoms with van der Waals surface area (Å²) in [6.45, 7) is 8.78. The van der Waals surface area contributed by atoms with Gasteiger partial charge in [0, 0.05) is 32.6 Å². The lowest BCUT2D eigenvalue weighted by Crippen LogP contribution is -2.39. The fraction of sp³-hybridized carbons (Fsp3) is 0.789. The minimum absolute atomic E-state index is 0.0273. The average molecular weight is 348 g/mol. The lowest BCUT2D eigenvalue weighted by Gasteiger charge is -2.28. The van der Waals surface area contributed by atoms with Gasteiger partial charge in [0.1, 0.15) is 11.4 Å². The summed E-state index contributed by atoms with van der Waals surface area (Å²) in [7, 11) is 0. The van der Waals surface area contributed by atoms with Crippen LogP contribution < -0.4 is 5.32 Å². The zero-order valence-corrected chi connectivity index (χ0v) is 15.7. The lowest BCUT2D eigenvalue weighted by molar-refractivity contribution is 0.197. The van der Waals surface area contributed by atoms with Gasteiger partial charge in [0.2, 0.25) is 0 Å². The number of rotatable bonds is 4. The maximum atomic E-state index is 12.7. The highest BCUT2D eigenvalue weighted by molar-refractivity contribution is 5.90. The molecule has 1 N–H and O–H groups in total. The van der Waals surface area contributed by atoms with E-state index < -0.39 is 0 Å². The van der Waals surface area contributed by atoms with Crippen molar-refractivity contribution in [1.82, 2.24) is 15.0 Å². The highest BCUT2D eigenvalue weighted by Crippen LogP contribution is 2.25. The lowest BCUT2D eigenvalue weighted by atomic mass is 9.89. The zero-order chi connectivity index (χ0) is 17.6. The van der Waals surface area contributed by atoms with Gasteiger partial charge in [0.05, 0.1) is 0 Å². The summed E-state index contributed by atoms with van der Waals surface area (Å²) in [5.74, 6) is 1.61. The van der Waals surface area contributed by atoms with E-state index in [2.05, 4.69) is 15.4 Å². The Balaban J connectivity index is 1.51. The van der Waals surface area contributed by atoms with Crippen LogP contribution in [0.15, 0.2) is 4.52 Å². The van der Waals surface area contributed by atoms with Gasteiger partial charge < -0.3 is 19.6 Å². The molecule has 0 aromatic carbocycles. The molecular formula is C19H32N4O2. The monoisotopic (exact) mass is 348 g/mol. The van der Waals surface area contributed by atoms with Crippen molar-refractivity contribution in [3.8, 4) is 0 Å². The first-order chi connectivity index (χ1) is 12.2. The van der Waals surface area contributed by atoms with Crippen LogP contribution in [0.5, 0.6) is 0 Å². The molecule has 1 saturated heterocycles. The first-order valence-corrected chi connectivity index (χ1v) is 9.90. The molecule has 1 aromatic rings. The number of amides is 2. The minimum Gasteiger partial charge on any atom is -0.359 e. The molecule has 3 rings (SSSR count). The molecule has 0 unspecified atom stereocenters. The van der Waals surface area contributed by atoms with Gasteiger partial charge in [-0.25, -0.2) is 4.79 Å². The van der Waals surface area contributed by atoms with Crippen molar-refractivity contribution in [3.63, 3.8) is 0 Å². The number of hydrogen-bond donors (Lipinski definition) is 1. The molecule has 0 radical (unpaired) electrons. The molecule has 2 amide bonds. The maximum Gasteiger partial charge on any atom is 0.322 e. The predicted molar refractivity (Wildman–Crippen MR) is 98.8 cm³/mol. The standard InChI is InChI=1S/C19H32N4O2/c1-3-17-18(15(2)21-25-17)20-19(24)23-11-7-10-22(12-13-23)14-16-8-5-4-6-9-16/h16H,3-14H2,1-2H3,(H,20,24). The molecule has 2 fully saturated rings. The Bertz CT molecular complexity index is 566. The van der Waals surface area contributed by atoms with Crippen molar-refractivity contribution >= 4 is 11.7 Å². The second-order valence-electron chi connectivity index (χ2n) is 7.50. The van der Waals surface area contributed by atoms with Gasteiger partial charge in [0.25, 0.3) is 0 Å². The number of hydrogen-bond acceptors (Lipinski definition) is 4. The number of carbonyl (C=O) groups excluding carboxylic acids is 1. The molecule has 1 aliphatic carbocycles. The summed E-state index contributed by atoms with van der Waals surface area (Å²) in [4.78, 5) is 17.2. The van der Waals surface area contributed by atoms with Crippen LogP contribution in [-0.2, 0) is 6.42 Å². The third-order valence-corrected chi connectivity index (χ3v) is 5.60. The van der Waals surface area contributed by atoms with Crippen molar-refractivity contribution < 1.29 is 9.32 Å². The van der Waals surface area contributed by atoms with Gasteiger partial charge in [0.15, 0.2) is 5.76 Å². The van der Waals surface area contributed by atoms with Gasteiger partial charge in [-0.1, -0.05) is 31.3 Å². The molecule has 0 spiro atoms. The van der Waals surface area contributed by atoms with Gasteiger partial charge in [-0.05, 0) is 38.6 Å². The van der Waals surface area contributed by atoms with E-state index in [9.17, 15) is 4.79 Å². The van der Waals surface area contributed by atoms with Crippen molar-refractivity contribution in [2.24, 2.45) is 5.92 Å². The summed E-state index contributed by atoms with van der Waals surface area (Å²) < 4.78 is 5.27. The van der Waals surface area contributed by atoms with Crippen LogP contribution in [0.2, 0.25) is 0 Å². The Morgan fingerprint density at radius 3 is 2.72 bits per heavy atom. The first kappa shape index (κ1) is 18.2. The Kier molecular flexibility index (Phi) is 6.34. The number of aromatic nitrogens is 1. The Morgan fingerprint density at radius 1 is 1.16 bits per heavy atom. The minimum atomic E-state index is -0.0273. The summed E-state index contributed by atoms with van der Waals surface area (Å²) in [5, 5.41) is 6.98. The molecule has 2 heterocycles. The van der Waals surface area contributed by atoms with Crippen molar-refractivity contribution in [1.29, 1.82) is 0 Å². The maximum absolute atomic E-state index is 12.7. The molecule has 0 bridgehead atoms. The number of anilines is 1. The van der Waals surface area contributed by atoms with Crippen LogP contribution in [0.25, 0.3) is 0 Å². The van der Waals surface area contributed by atoms with E-state index in [1.165, 1.54) is 38.6 Å². The highest BCUT2D eigenvalue weighted by Gasteiger charge is 2.23. The fourth-order valence-electron chi connectivity index (χ4n) is 4.10.